The third kappa shape index (κ3) is 15.2. The van der Waals surface area contributed by atoms with E-state index in [1.807, 2.05) is 84.7 Å². The van der Waals surface area contributed by atoms with Crippen molar-refractivity contribution in [1.82, 2.24) is 49.3 Å². The summed E-state index contributed by atoms with van der Waals surface area (Å²) in [5, 5.41) is 10.7. The number of amides is 3. The molecule has 3 N–H and O–H groups in total. The number of carbonyl (C=O) groups is 3. The lowest BCUT2D eigenvalue weighted by molar-refractivity contribution is -0.142. The van der Waals surface area contributed by atoms with E-state index < -0.39 is 34.1 Å². The van der Waals surface area contributed by atoms with Gasteiger partial charge in [-0.15, -0.1) is 11.3 Å². The topological polar surface area (TPSA) is 235 Å². The van der Waals surface area contributed by atoms with Gasteiger partial charge in [-0.05, 0) is 126 Å². The number of nitrogens with zero attached hydrogens (tertiary/aromatic N) is 8. The summed E-state index contributed by atoms with van der Waals surface area (Å²) in [7, 11) is 2.86. The Balaban J connectivity index is 0.833. The maximum absolute atomic E-state index is 14.6. The quantitative estimate of drug-likeness (QED) is 0.0407. The number of hydrogen-bond acceptors (Lipinski definition) is 15. The van der Waals surface area contributed by atoms with E-state index in [2.05, 4.69) is 42.2 Å². The maximum atomic E-state index is 14.6. The molecule has 0 aliphatic carbocycles. The number of aryl methyl sites for hydroxylation is 3. The lowest BCUT2D eigenvalue weighted by atomic mass is 10.0. The van der Waals surface area contributed by atoms with Gasteiger partial charge in [0.25, 0.3) is 15.9 Å². The van der Waals surface area contributed by atoms with Crippen molar-refractivity contribution in [2.75, 3.05) is 51.7 Å². The van der Waals surface area contributed by atoms with E-state index in [4.69, 9.17) is 18.9 Å². The van der Waals surface area contributed by atoms with Crippen LogP contribution in [0.5, 0.6) is 28.9 Å². The standard InChI is InChI=1S/C65H79N11O10S2/c1-12-25-83-50-30-51(84-26-14-13-24-72(8)9)32-52(31-50)86-58-34-56-55(73(10)65(80)74(56)11)33-54(58)71-88(81,82)53-17-15-16-48(28-53)62(77)67-35-42(5)85-59-29-47(22-23-66-59)49-36-69-76(38-49)60(40(2)3)64(79)75-37-41(4)27-57(75)63(78)70-43(6)45-18-20-46(21-19-45)61-44(7)68-39-87-61/h15-23,28-34,36,38-43,57,60,71H,12-14,24-27,35,37H2,1-11H3,(H,67,77)(H,70,78)/t41-,42-,43+,57+,60+/m1/s1. The predicted octanol–water partition coefficient (Wildman–Crippen LogP) is 10.2. The van der Waals surface area contributed by atoms with Crippen LogP contribution in [0.15, 0.2) is 125 Å². The Morgan fingerprint density at radius 1 is 0.841 bits per heavy atom. The highest BCUT2D eigenvalue weighted by atomic mass is 32.2. The molecule has 1 aliphatic heterocycles. The number of benzene rings is 4. The molecule has 8 aromatic rings. The average molecular weight is 1240 g/mol. The number of sulfonamides is 1. The van der Waals surface area contributed by atoms with Crippen LogP contribution in [0.1, 0.15) is 101 Å². The van der Waals surface area contributed by atoms with Crippen LogP contribution in [0.4, 0.5) is 5.69 Å². The molecule has 0 radical (unpaired) electrons. The summed E-state index contributed by atoms with van der Waals surface area (Å²) in [4.78, 5) is 69.0. The Hall–Kier alpha value is -8.54. The molecule has 5 atom stereocenters. The van der Waals surface area contributed by atoms with E-state index in [9.17, 15) is 27.6 Å². The Kier molecular flexibility index (Phi) is 20.4. The third-order valence-electron chi connectivity index (χ3n) is 15.4. The maximum Gasteiger partial charge on any atom is 0.328 e. The van der Waals surface area contributed by atoms with Crippen molar-refractivity contribution < 1.29 is 41.7 Å². The number of fused-ring (bicyclic) bond motifs is 1. The molecule has 9 rings (SSSR count). The molecule has 4 aromatic carbocycles. The molecule has 4 aromatic heterocycles. The minimum Gasteiger partial charge on any atom is -0.493 e. The normalized spacial score (nSPS) is 15.3. The van der Waals surface area contributed by atoms with E-state index >= 15 is 0 Å². The molecule has 1 aliphatic rings. The van der Waals surface area contributed by atoms with Gasteiger partial charge in [-0.3, -0.25) is 32.9 Å². The van der Waals surface area contributed by atoms with Crippen molar-refractivity contribution in [3.63, 3.8) is 0 Å². The van der Waals surface area contributed by atoms with Crippen LogP contribution in [-0.2, 0) is 33.7 Å². The van der Waals surface area contributed by atoms with Crippen molar-refractivity contribution in [2.45, 2.75) is 103 Å². The molecule has 88 heavy (non-hydrogen) atoms. The predicted molar refractivity (Wildman–Crippen MR) is 341 cm³/mol. The monoisotopic (exact) mass is 1240 g/mol. The number of imidazole rings is 1. The lowest BCUT2D eigenvalue weighted by Gasteiger charge is -2.31. The van der Waals surface area contributed by atoms with Gasteiger partial charge in [0, 0.05) is 74.5 Å². The van der Waals surface area contributed by atoms with Gasteiger partial charge in [-0.2, -0.15) is 5.10 Å². The number of pyridine rings is 1. The van der Waals surface area contributed by atoms with Gasteiger partial charge in [0.05, 0.1) is 69.7 Å². The molecular weight excluding hydrogens is 1160 g/mol. The average Bonchev–Trinajstić information content (AvgIpc) is 3.23. The zero-order valence-corrected chi connectivity index (χ0v) is 53.4. The zero-order valence-electron chi connectivity index (χ0n) is 51.8. The van der Waals surface area contributed by atoms with Crippen molar-refractivity contribution >= 4 is 55.8 Å². The molecule has 23 heteroatoms. The number of unbranched alkanes of at least 4 members (excludes halogenated alkanes) is 1. The molecule has 466 valence electrons. The molecule has 21 nitrogen and oxygen atoms in total. The molecule has 0 saturated carbocycles. The van der Waals surface area contributed by atoms with E-state index in [1.165, 1.54) is 39.5 Å². The Bertz CT molecular complexity index is 3950. The van der Waals surface area contributed by atoms with Gasteiger partial charge < -0.3 is 39.4 Å². The van der Waals surface area contributed by atoms with Gasteiger partial charge in [0.15, 0.2) is 5.75 Å². The van der Waals surface area contributed by atoms with Crippen molar-refractivity contribution in [1.29, 1.82) is 0 Å². The van der Waals surface area contributed by atoms with Crippen LogP contribution >= 0.6 is 11.3 Å². The number of likely N-dealkylation sites (tertiary alicyclic amines) is 1. The van der Waals surface area contributed by atoms with Crippen molar-refractivity contribution in [2.24, 2.45) is 25.9 Å². The lowest BCUT2D eigenvalue weighted by Crippen LogP contribution is -2.49. The summed E-state index contributed by atoms with van der Waals surface area (Å²) in [6.45, 7) is 16.0. The Labute approximate surface area is 518 Å². The first-order valence-electron chi connectivity index (χ1n) is 29.7. The van der Waals surface area contributed by atoms with E-state index in [0.29, 0.717) is 60.0 Å². The summed E-state index contributed by atoms with van der Waals surface area (Å²) in [6.07, 6.45) is 7.58. The largest absolute Gasteiger partial charge is 0.493 e. The summed E-state index contributed by atoms with van der Waals surface area (Å²) in [5.41, 5.74) is 7.02. The third-order valence-corrected chi connectivity index (χ3v) is 17.8. The van der Waals surface area contributed by atoms with Crippen LogP contribution in [0.2, 0.25) is 0 Å². The van der Waals surface area contributed by atoms with Gasteiger partial charge in [0.1, 0.15) is 35.4 Å². The summed E-state index contributed by atoms with van der Waals surface area (Å²) in [5.74, 6) is 0.735. The SMILES string of the molecule is CCCOc1cc(OCCCCN(C)C)cc(Oc2cc3c(cc2NS(=O)(=O)c2cccc(C(=O)NC[C@@H](C)Oc4cc(-c5cnn([C@H](C(=O)N6C[C@H](C)C[C@H]6C(=O)N[C@@H](C)c6ccc(-c7scnc7C)cc6)C(C)C)c5)ccn4)c2)n(C)c(=O)n3C)c1. The Morgan fingerprint density at radius 2 is 1.56 bits per heavy atom. The Morgan fingerprint density at radius 3 is 2.25 bits per heavy atom. The van der Waals surface area contributed by atoms with Gasteiger partial charge in [-0.25, -0.2) is 23.2 Å². The molecule has 0 unspecified atom stereocenters. The van der Waals surface area contributed by atoms with Gasteiger partial charge in [0.2, 0.25) is 17.7 Å². The van der Waals surface area contributed by atoms with Crippen LogP contribution in [-0.4, -0.2) is 124 Å². The number of thiazole rings is 1. The summed E-state index contributed by atoms with van der Waals surface area (Å²) >= 11 is 1.59. The molecular formula is C65H79N11O10S2. The van der Waals surface area contributed by atoms with Crippen molar-refractivity contribution in [3.8, 4) is 50.4 Å². The van der Waals surface area contributed by atoms with E-state index in [-0.39, 0.29) is 69.7 Å². The first-order valence-corrected chi connectivity index (χ1v) is 32.1. The molecule has 0 spiro atoms. The van der Waals surface area contributed by atoms with Crippen LogP contribution < -0.4 is 40.0 Å². The number of hydrogen-bond donors (Lipinski definition) is 3. The number of ether oxygens (including phenoxy) is 4. The second-order valence-electron chi connectivity index (χ2n) is 23.2. The highest BCUT2D eigenvalue weighted by Crippen LogP contribution is 2.39. The van der Waals surface area contributed by atoms with E-state index in [0.717, 1.165) is 53.1 Å². The molecule has 0 bridgehead atoms. The number of rotatable bonds is 27. The van der Waals surface area contributed by atoms with Crippen LogP contribution in [0.3, 0.4) is 0 Å². The van der Waals surface area contributed by atoms with E-state index in [1.54, 1.807) is 90.7 Å². The number of anilines is 1. The number of carbonyl (C=O) groups excluding carboxylic acids is 3. The number of aromatic nitrogens is 6. The highest BCUT2D eigenvalue weighted by molar-refractivity contribution is 7.92. The minimum atomic E-state index is -4.39. The fourth-order valence-corrected chi connectivity index (χ4v) is 12.6. The molecule has 5 heterocycles. The van der Waals surface area contributed by atoms with Gasteiger partial charge >= 0.3 is 5.69 Å². The molecule has 1 saturated heterocycles. The van der Waals surface area contributed by atoms with Crippen LogP contribution in [0.25, 0.3) is 32.6 Å². The second-order valence-corrected chi connectivity index (χ2v) is 25.7. The van der Waals surface area contributed by atoms with Crippen molar-refractivity contribution in [3.05, 3.63) is 142 Å². The van der Waals surface area contributed by atoms with Crippen LogP contribution in [0, 0.1) is 18.8 Å². The second kappa shape index (κ2) is 28.1. The first-order chi connectivity index (χ1) is 42.1. The molecule has 1 fully saturated rings. The fourth-order valence-electron chi connectivity index (χ4n) is 10.7. The zero-order chi connectivity index (χ0) is 63.0. The van der Waals surface area contributed by atoms with Gasteiger partial charge in [-0.1, -0.05) is 58.0 Å². The smallest absolute Gasteiger partial charge is 0.328 e. The fraction of sp³-hybridized carbons (Fsp3) is 0.400. The first kappa shape index (κ1) is 63.9. The highest BCUT2D eigenvalue weighted by Gasteiger charge is 2.42. The summed E-state index contributed by atoms with van der Waals surface area (Å²) in [6, 6.07) is 24.0. The number of nitrogens with one attached hydrogen (secondary N) is 3. The summed E-state index contributed by atoms with van der Waals surface area (Å²) < 4.78 is 60.6. The molecule has 3 amide bonds. The minimum absolute atomic E-state index is 0.0361.